The molecular formula is C18H21N3O. The van der Waals surface area contributed by atoms with E-state index in [1.54, 1.807) is 12.3 Å². The van der Waals surface area contributed by atoms with Crippen molar-refractivity contribution < 1.29 is 4.79 Å². The van der Waals surface area contributed by atoms with Crippen LogP contribution in [0, 0.1) is 6.92 Å². The fraction of sp³-hybridized carbons (Fsp3) is 0.333. The summed E-state index contributed by atoms with van der Waals surface area (Å²) in [4.78, 5) is 18.6. The van der Waals surface area contributed by atoms with E-state index in [0.717, 1.165) is 31.6 Å². The number of fused-ring (bicyclic) bond motifs is 1. The Balaban J connectivity index is 1.47. The van der Waals surface area contributed by atoms with Crippen LogP contribution in [0.3, 0.4) is 0 Å². The van der Waals surface area contributed by atoms with E-state index in [9.17, 15) is 4.79 Å². The first-order valence-electron chi connectivity index (χ1n) is 7.78. The van der Waals surface area contributed by atoms with Crippen LogP contribution >= 0.6 is 0 Å². The Bertz CT molecular complexity index is 669. The molecule has 4 nitrogen and oxygen atoms in total. The van der Waals surface area contributed by atoms with Crippen molar-refractivity contribution in [3.05, 3.63) is 59.4 Å². The molecule has 0 aliphatic carbocycles. The zero-order valence-electron chi connectivity index (χ0n) is 12.9. The smallest absolute Gasteiger partial charge is 0.253 e. The summed E-state index contributed by atoms with van der Waals surface area (Å²) in [5.41, 5.74) is 4.21. The van der Waals surface area contributed by atoms with Gasteiger partial charge in [0.15, 0.2) is 0 Å². The normalized spacial score (nSPS) is 13.0. The third-order valence-corrected chi connectivity index (χ3v) is 4.13. The highest BCUT2D eigenvalue weighted by atomic mass is 16.1. The third kappa shape index (κ3) is 3.11. The lowest BCUT2D eigenvalue weighted by atomic mass is 10.2. The van der Waals surface area contributed by atoms with Crippen molar-refractivity contribution >= 4 is 11.6 Å². The summed E-state index contributed by atoms with van der Waals surface area (Å²) in [6.45, 7) is 4.60. The van der Waals surface area contributed by atoms with Gasteiger partial charge in [0.1, 0.15) is 0 Å². The van der Waals surface area contributed by atoms with Crippen LogP contribution in [-0.2, 0) is 6.42 Å². The lowest BCUT2D eigenvalue weighted by Crippen LogP contribution is -2.29. The highest BCUT2D eigenvalue weighted by Gasteiger charge is 2.17. The van der Waals surface area contributed by atoms with Crippen molar-refractivity contribution in [2.24, 2.45) is 0 Å². The van der Waals surface area contributed by atoms with Crippen molar-refractivity contribution in [2.75, 3.05) is 24.5 Å². The number of pyridine rings is 1. The van der Waals surface area contributed by atoms with Crippen molar-refractivity contribution in [1.82, 2.24) is 10.3 Å². The summed E-state index contributed by atoms with van der Waals surface area (Å²) >= 11 is 0. The van der Waals surface area contributed by atoms with Crippen LogP contribution in [-0.4, -0.2) is 30.5 Å². The summed E-state index contributed by atoms with van der Waals surface area (Å²) in [6, 6.07) is 12.2. The molecule has 1 aliphatic rings. The van der Waals surface area contributed by atoms with Crippen LogP contribution in [0.15, 0.2) is 42.6 Å². The molecule has 0 unspecified atom stereocenters. The van der Waals surface area contributed by atoms with Gasteiger partial charge in [-0.1, -0.05) is 18.2 Å². The zero-order chi connectivity index (χ0) is 15.4. The molecule has 3 rings (SSSR count). The fourth-order valence-electron chi connectivity index (χ4n) is 2.93. The van der Waals surface area contributed by atoms with Gasteiger partial charge in [-0.15, -0.1) is 0 Å². The quantitative estimate of drug-likeness (QED) is 0.862. The molecule has 0 saturated carbocycles. The van der Waals surface area contributed by atoms with Gasteiger partial charge in [0.05, 0.1) is 5.56 Å². The minimum Gasteiger partial charge on any atom is -0.371 e. The zero-order valence-corrected chi connectivity index (χ0v) is 12.9. The molecule has 1 aromatic carbocycles. The summed E-state index contributed by atoms with van der Waals surface area (Å²) < 4.78 is 0. The van der Waals surface area contributed by atoms with Crippen LogP contribution in [0.1, 0.15) is 28.0 Å². The van der Waals surface area contributed by atoms with E-state index in [-0.39, 0.29) is 5.91 Å². The maximum Gasteiger partial charge on any atom is 0.253 e. The fourth-order valence-corrected chi connectivity index (χ4v) is 2.93. The Kier molecular flexibility index (Phi) is 4.37. The van der Waals surface area contributed by atoms with Crippen molar-refractivity contribution in [3.63, 3.8) is 0 Å². The number of nitrogens with one attached hydrogen (secondary N) is 1. The van der Waals surface area contributed by atoms with Gasteiger partial charge in [-0.25, -0.2) is 0 Å². The molecular weight excluding hydrogens is 274 g/mol. The molecule has 1 aliphatic heterocycles. The van der Waals surface area contributed by atoms with E-state index < -0.39 is 0 Å². The second-order valence-electron chi connectivity index (χ2n) is 5.61. The largest absolute Gasteiger partial charge is 0.371 e. The van der Waals surface area contributed by atoms with E-state index in [0.29, 0.717) is 12.1 Å². The molecule has 4 heteroatoms. The topological polar surface area (TPSA) is 45.2 Å². The Hall–Kier alpha value is -2.36. The average molecular weight is 295 g/mol. The number of hydrogen-bond donors (Lipinski definition) is 1. The second-order valence-corrected chi connectivity index (χ2v) is 5.61. The van der Waals surface area contributed by atoms with E-state index in [2.05, 4.69) is 39.5 Å². The number of nitrogens with zero attached hydrogens (tertiary/aromatic N) is 2. The van der Waals surface area contributed by atoms with Gasteiger partial charge < -0.3 is 10.2 Å². The predicted molar refractivity (Wildman–Crippen MR) is 88.3 cm³/mol. The molecule has 1 aromatic heterocycles. The van der Waals surface area contributed by atoms with Gasteiger partial charge in [-0.2, -0.15) is 0 Å². The number of hydrogen-bond acceptors (Lipinski definition) is 3. The van der Waals surface area contributed by atoms with Gasteiger partial charge in [0.2, 0.25) is 0 Å². The van der Waals surface area contributed by atoms with E-state index >= 15 is 0 Å². The SMILES string of the molecule is Cc1ncccc1C(=O)NCCCN1CCc2ccccc21. The number of aromatic nitrogens is 1. The van der Waals surface area contributed by atoms with Gasteiger partial charge in [0, 0.05) is 37.2 Å². The minimum atomic E-state index is -0.0348. The van der Waals surface area contributed by atoms with Crippen LogP contribution < -0.4 is 10.2 Å². The second kappa shape index (κ2) is 6.60. The molecule has 2 aromatic rings. The first-order chi connectivity index (χ1) is 10.8. The average Bonchev–Trinajstić information content (AvgIpc) is 2.95. The van der Waals surface area contributed by atoms with E-state index in [1.165, 1.54) is 11.3 Å². The molecule has 22 heavy (non-hydrogen) atoms. The Morgan fingerprint density at radius 3 is 3.00 bits per heavy atom. The summed E-state index contributed by atoms with van der Waals surface area (Å²) in [5.74, 6) is -0.0348. The van der Waals surface area contributed by atoms with Crippen molar-refractivity contribution in [1.29, 1.82) is 0 Å². The standard InChI is InChI=1S/C18H21N3O/c1-14-16(7-4-10-19-14)18(22)20-11-5-12-21-13-9-15-6-2-3-8-17(15)21/h2-4,6-8,10H,5,9,11-13H2,1H3,(H,20,22). The molecule has 0 bridgehead atoms. The number of anilines is 1. The molecule has 114 valence electrons. The van der Waals surface area contributed by atoms with Crippen molar-refractivity contribution in [3.8, 4) is 0 Å². The van der Waals surface area contributed by atoms with Gasteiger partial charge >= 0.3 is 0 Å². The lowest BCUT2D eigenvalue weighted by molar-refractivity contribution is 0.0952. The van der Waals surface area contributed by atoms with Crippen LogP contribution in [0.25, 0.3) is 0 Å². The molecule has 0 saturated heterocycles. The first kappa shape index (κ1) is 14.6. The number of carbonyl (C=O) groups excluding carboxylic acids is 1. The van der Waals surface area contributed by atoms with Gasteiger partial charge in [-0.05, 0) is 43.5 Å². The minimum absolute atomic E-state index is 0.0348. The number of carbonyl (C=O) groups is 1. The number of aryl methyl sites for hydroxylation is 1. The molecule has 2 heterocycles. The van der Waals surface area contributed by atoms with Gasteiger partial charge in [0.25, 0.3) is 5.91 Å². The number of rotatable bonds is 5. The molecule has 0 spiro atoms. The van der Waals surface area contributed by atoms with E-state index in [4.69, 9.17) is 0 Å². The highest BCUT2D eigenvalue weighted by Crippen LogP contribution is 2.27. The monoisotopic (exact) mass is 295 g/mol. The molecule has 1 amide bonds. The number of para-hydroxylation sites is 1. The number of amides is 1. The first-order valence-corrected chi connectivity index (χ1v) is 7.78. The molecule has 0 radical (unpaired) electrons. The summed E-state index contributed by atoms with van der Waals surface area (Å²) in [7, 11) is 0. The van der Waals surface area contributed by atoms with Crippen LogP contribution in [0.2, 0.25) is 0 Å². The Morgan fingerprint density at radius 1 is 1.27 bits per heavy atom. The van der Waals surface area contributed by atoms with Crippen molar-refractivity contribution in [2.45, 2.75) is 19.8 Å². The summed E-state index contributed by atoms with van der Waals surface area (Å²) in [5, 5.41) is 2.98. The number of benzene rings is 1. The summed E-state index contributed by atoms with van der Waals surface area (Å²) in [6.07, 6.45) is 3.77. The van der Waals surface area contributed by atoms with Crippen LogP contribution in [0.4, 0.5) is 5.69 Å². The molecule has 0 atom stereocenters. The van der Waals surface area contributed by atoms with Crippen LogP contribution in [0.5, 0.6) is 0 Å². The molecule has 0 fully saturated rings. The maximum atomic E-state index is 12.1. The van der Waals surface area contributed by atoms with E-state index in [1.807, 2.05) is 13.0 Å². The Morgan fingerprint density at radius 2 is 2.14 bits per heavy atom. The third-order valence-electron chi connectivity index (χ3n) is 4.13. The maximum absolute atomic E-state index is 12.1. The van der Waals surface area contributed by atoms with Gasteiger partial charge in [-0.3, -0.25) is 9.78 Å². The Labute approximate surface area is 131 Å². The lowest BCUT2D eigenvalue weighted by Gasteiger charge is -2.19. The predicted octanol–water partition coefficient (Wildman–Crippen LogP) is 2.57. The molecule has 1 N–H and O–H groups in total. The highest BCUT2D eigenvalue weighted by molar-refractivity contribution is 5.95.